The fourth-order valence-corrected chi connectivity index (χ4v) is 2.90. The van der Waals surface area contributed by atoms with Gasteiger partial charge in [0.15, 0.2) is 0 Å². The maximum atomic E-state index is 4.54. The van der Waals surface area contributed by atoms with E-state index < -0.39 is 0 Å². The van der Waals surface area contributed by atoms with Gasteiger partial charge in [0.2, 0.25) is 0 Å². The number of hydrogen-bond donors (Lipinski definition) is 0. The Labute approximate surface area is 102 Å². The Morgan fingerprint density at radius 3 is 3.06 bits per heavy atom. The highest BCUT2D eigenvalue weighted by Crippen LogP contribution is 2.39. The normalized spacial score (nSPS) is 24.0. The average molecular weight is 230 g/mol. The maximum absolute atomic E-state index is 4.54. The van der Waals surface area contributed by atoms with Crippen molar-refractivity contribution in [3.8, 4) is 0 Å². The predicted octanol–water partition coefficient (Wildman–Crippen LogP) is 2.80. The molecule has 0 unspecified atom stereocenters. The summed E-state index contributed by atoms with van der Waals surface area (Å²) in [5.41, 5.74) is 4.79. The molecule has 0 aliphatic carbocycles. The molecular formula is C13H18N4. The molecule has 1 aromatic rings. The molecule has 0 aromatic carbocycles. The van der Waals surface area contributed by atoms with Crippen molar-refractivity contribution in [2.75, 3.05) is 20.1 Å². The van der Waals surface area contributed by atoms with Gasteiger partial charge in [0.1, 0.15) is 0 Å². The molecule has 1 atom stereocenters. The second kappa shape index (κ2) is 4.18. The third-order valence-electron chi connectivity index (χ3n) is 3.91. The van der Waals surface area contributed by atoms with Gasteiger partial charge in [-0.1, -0.05) is 0 Å². The summed E-state index contributed by atoms with van der Waals surface area (Å²) in [6.07, 6.45) is 5.47. The molecule has 0 radical (unpaired) electrons. The summed E-state index contributed by atoms with van der Waals surface area (Å²) in [7, 11) is 2.18. The smallest absolute Gasteiger partial charge is 0.0966 e. The van der Waals surface area contributed by atoms with Crippen LogP contribution in [0.3, 0.4) is 0 Å². The summed E-state index contributed by atoms with van der Waals surface area (Å²) < 4.78 is 0. The Hall–Kier alpha value is -1.29. The van der Waals surface area contributed by atoms with Crippen molar-refractivity contribution in [2.24, 2.45) is 10.2 Å². The Kier molecular flexibility index (Phi) is 2.67. The third kappa shape index (κ3) is 1.76. The largest absolute Gasteiger partial charge is 0.299 e. The molecule has 0 N–H and O–H groups in total. The Morgan fingerprint density at radius 1 is 1.41 bits per heavy atom. The highest BCUT2D eigenvalue weighted by atomic mass is 15.2. The predicted molar refractivity (Wildman–Crippen MR) is 66.7 cm³/mol. The molecular weight excluding hydrogens is 212 g/mol. The standard InChI is InChI=1S/C13H18N4/c1-9-10-5-6-15-16-13(10)11(8-14-9)12-4-3-7-17(12)2/h8,12H,3-7H2,1-2H3/t12-/m0/s1. The van der Waals surface area contributed by atoms with Crippen LogP contribution in [-0.4, -0.2) is 30.0 Å². The van der Waals surface area contributed by atoms with E-state index in [1.54, 1.807) is 0 Å². The van der Waals surface area contributed by atoms with Crippen LogP contribution in [0.4, 0.5) is 5.69 Å². The molecule has 0 saturated carbocycles. The zero-order chi connectivity index (χ0) is 11.8. The van der Waals surface area contributed by atoms with E-state index in [1.165, 1.54) is 30.5 Å². The van der Waals surface area contributed by atoms with Gasteiger partial charge >= 0.3 is 0 Å². The Morgan fingerprint density at radius 2 is 2.29 bits per heavy atom. The van der Waals surface area contributed by atoms with Crippen LogP contribution in [0.1, 0.15) is 35.7 Å². The first-order chi connectivity index (χ1) is 8.27. The molecule has 1 saturated heterocycles. The van der Waals surface area contributed by atoms with Gasteiger partial charge in [-0.05, 0) is 39.8 Å². The number of hydrogen-bond acceptors (Lipinski definition) is 4. The van der Waals surface area contributed by atoms with Crippen LogP contribution in [0.5, 0.6) is 0 Å². The van der Waals surface area contributed by atoms with Crippen molar-refractivity contribution in [3.63, 3.8) is 0 Å². The second-order valence-corrected chi connectivity index (χ2v) is 4.98. The van der Waals surface area contributed by atoms with Gasteiger partial charge in [0, 0.05) is 29.1 Å². The molecule has 0 bridgehead atoms. The van der Waals surface area contributed by atoms with Gasteiger partial charge in [-0.15, -0.1) is 0 Å². The minimum atomic E-state index is 0.480. The lowest BCUT2D eigenvalue weighted by atomic mass is 9.98. The van der Waals surface area contributed by atoms with Gasteiger partial charge < -0.3 is 0 Å². The summed E-state index contributed by atoms with van der Waals surface area (Å²) in [4.78, 5) is 6.94. The quantitative estimate of drug-likeness (QED) is 0.744. The minimum Gasteiger partial charge on any atom is -0.299 e. The fourth-order valence-electron chi connectivity index (χ4n) is 2.90. The van der Waals surface area contributed by atoms with Crippen LogP contribution in [0.15, 0.2) is 16.4 Å². The molecule has 3 heterocycles. The Balaban J connectivity index is 2.09. The van der Waals surface area contributed by atoms with Crippen LogP contribution in [0.2, 0.25) is 0 Å². The van der Waals surface area contributed by atoms with E-state index in [0.29, 0.717) is 6.04 Å². The van der Waals surface area contributed by atoms with E-state index >= 15 is 0 Å². The fraction of sp³-hybridized carbons (Fsp3) is 0.615. The molecule has 4 nitrogen and oxygen atoms in total. The molecule has 0 spiro atoms. The molecule has 1 fully saturated rings. The van der Waals surface area contributed by atoms with Crippen LogP contribution in [0, 0.1) is 6.92 Å². The topological polar surface area (TPSA) is 40.9 Å². The SMILES string of the molecule is Cc1ncc([C@@H]2CCCN2C)c2c1CCN=N2. The van der Waals surface area contributed by atoms with Crippen LogP contribution >= 0.6 is 0 Å². The number of pyridine rings is 1. The van der Waals surface area contributed by atoms with Gasteiger partial charge in [-0.3, -0.25) is 9.88 Å². The lowest BCUT2D eigenvalue weighted by molar-refractivity contribution is 0.317. The number of fused-ring (bicyclic) bond motifs is 1. The van der Waals surface area contributed by atoms with E-state index in [0.717, 1.165) is 24.3 Å². The molecule has 2 aliphatic heterocycles. The number of likely N-dealkylation sites (tertiary alicyclic amines) is 1. The molecule has 17 heavy (non-hydrogen) atoms. The maximum Gasteiger partial charge on any atom is 0.0966 e. The van der Waals surface area contributed by atoms with Crippen LogP contribution in [-0.2, 0) is 6.42 Å². The number of rotatable bonds is 1. The van der Waals surface area contributed by atoms with E-state index in [9.17, 15) is 0 Å². The van der Waals surface area contributed by atoms with Crippen molar-refractivity contribution in [1.82, 2.24) is 9.88 Å². The van der Waals surface area contributed by atoms with Gasteiger partial charge in [0.25, 0.3) is 0 Å². The van der Waals surface area contributed by atoms with Crippen molar-refractivity contribution in [1.29, 1.82) is 0 Å². The number of aromatic nitrogens is 1. The number of azo groups is 1. The molecule has 3 rings (SSSR count). The molecule has 4 heteroatoms. The van der Waals surface area contributed by atoms with Crippen LogP contribution < -0.4 is 0 Å². The third-order valence-corrected chi connectivity index (χ3v) is 3.91. The van der Waals surface area contributed by atoms with Crippen molar-refractivity contribution in [3.05, 3.63) is 23.0 Å². The van der Waals surface area contributed by atoms with Crippen molar-refractivity contribution in [2.45, 2.75) is 32.2 Å². The summed E-state index contributed by atoms with van der Waals surface area (Å²) in [5, 5.41) is 8.59. The first-order valence-electron chi connectivity index (χ1n) is 6.33. The van der Waals surface area contributed by atoms with E-state index in [-0.39, 0.29) is 0 Å². The first-order valence-corrected chi connectivity index (χ1v) is 6.33. The van der Waals surface area contributed by atoms with Gasteiger partial charge in [0.05, 0.1) is 12.2 Å². The summed E-state index contributed by atoms with van der Waals surface area (Å²) in [6.45, 7) is 4.05. The zero-order valence-corrected chi connectivity index (χ0v) is 10.5. The highest BCUT2D eigenvalue weighted by molar-refractivity contribution is 5.55. The summed E-state index contributed by atoms with van der Waals surface area (Å²) in [6, 6.07) is 0.480. The zero-order valence-electron chi connectivity index (χ0n) is 10.5. The Bertz CT molecular complexity index is 467. The van der Waals surface area contributed by atoms with Crippen molar-refractivity contribution < 1.29 is 0 Å². The van der Waals surface area contributed by atoms with Gasteiger partial charge in [-0.2, -0.15) is 10.2 Å². The molecule has 0 amide bonds. The van der Waals surface area contributed by atoms with Crippen molar-refractivity contribution >= 4 is 5.69 Å². The molecule has 90 valence electrons. The minimum absolute atomic E-state index is 0.480. The second-order valence-electron chi connectivity index (χ2n) is 4.98. The van der Waals surface area contributed by atoms with E-state index in [1.807, 2.05) is 6.20 Å². The first kappa shape index (κ1) is 10.8. The number of aryl methyl sites for hydroxylation is 1. The molecule has 1 aromatic heterocycles. The van der Waals surface area contributed by atoms with E-state index in [4.69, 9.17) is 0 Å². The number of nitrogens with zero attached hydrogens (tertiary/aromatic N) is 4. The van der Waals surface area contributed by atoms with Gasteiger partial charge in [-0.25, -0.2) is 0 Å². The molecule has 2 aliphatic rings. The lowest BCUT2D eigenvalue weighted by Crippen LogP contribution is -2.18. The lowest BCUT2D eigenvalue weighted by Gasteiger charge is -2.23. The monoisotopic (exact) mass is 230 g/mol. The summed E-state index contributed by atoms with van der Waals surface area (Å²) >= 11 is 0. The highest BCUT2D eigenvalue weighted by Gasteiger charge is 2.27. The van der Waals surface area contributed by atoms with Crippen LogP contribution in [0.25, 0.3) is 0 Å². The average Bonchev–Trinajstić information content (AvgIpc) is 2.77. The summed E-state index contributed by atoms with van der Waals surface area (Å²) in [5.74, 6) is 0. The van der Waals surface area contributed by atoms with E-state index in [2.05, 4.69) is 34.1 Å².